The van der Waals surface area contributed by atoms with Crippen LogP contribution in [0.3, 0.4) is 0 Å². The molecule has 0 saturated heterocycles. The van der Waals surface area contributed by atoms with Crippen molar-refractivity contribution >= 4 is 45.2 Å². The number of carbonyl (C=O) groups is 2. The molecule has 9 heteroatoms. The Labute approximate surface area is 139 Å². The van der Waals surface area contributed by atoms with Crippen molar-refractivity contribution in [1.82, 2.24) is 14.8 Å². The third-order valence-electron chi connectivity index (χ3n) is 2.68. The number of halogens is 1. The Hall–Kier alpha value is -1.87. The van der Waals surface area contributed by atoms with Gasteiger partial charge in [-0.2, -0.15) is 0 Å². The van der Waals surface area contributed by atoms with Gasteiger partial charge < -0.3 is 11.1 Å². The highest BCUT2D eigenvalue weighted by molar-refractivity contribution is 9.10. The molecule has 0 spiro atoms. The summed E-state index contributed by atoms with van der Waals surface area (Å²) < 4.78 is 2.52. The van der Waals surface area contributed by atoms with E-state index < -0.39 is 5.91 Å². The van der Waals surface area contributed by atoms with E-state index in [4.69, 9.17) is 5.73 Å². The largest absolute Gasteiger partial charge is 0.368 e. The Bertz CT molecular complexity index is 686. The molecule has 2 aromatic rings. The second-order valence-electron chi connectivity index (χ2n) is 4.43. The lowest BCUT2D eigenvalue weighted by Gasteiger charge is -2.07. The van der Waals surface area contributed by atoms with Crippen molar-refractivity contribution in [1.29, 1.82) is 0 Å². The summed E-state index contributed by atoms with van der Waals surface area (Å²) in [4.78, 5) is 22.9. The smallest absolute Gasteiger partial charge is 0.237 e. The van der Waals surface area contributed by atoms with Crippen LogP contribution in [0.1, 0.15) is 5.82 Å². The molecule has 0 radical (unpaired) electrons. The number of hydrogen-bond donors (Lipinski definition) is 2. The number of anilines is 1. The van der Waals surface area contributed by atoms with E-state index in [1.54, 1.807) is 23.6 Å². The first-order valence-corrected chi connectivity index (χ1v) is 8.10. The number of benzene rings is 1. The van der Waals surface area contributed by atoms with Crippen LogP contribution in [0.4, 0.5) is 5.69 Å². The molecule has 116 valence electrons. The number of nitrogens with two attached hydrogens (primary N) is 1. The summed E-state index contributed by atoms with van der Waals surface area (Å²) in [5.41, 5.74) is 5.90. The van der Waals surface area contributed by atoms with Gasteiger partial charge in [0, 0.05) is 10.2 Å². The summed E-state index contributed by atoms with van der Waals surface area (Å²) in [6, 6.07) is 7.28. The number of primary amides is 1. The summed E-state index contributed by atoms with van der Waals surface area (Å²) in [6.07, 6.45) is 0. The molecule has 0 atom stereocenters. The second-order valence-corrected chi connectivity index (χ2v) is 6.28. The van der Waals surface area contributed by atoms with E-state index in [1.165, 1.54) is 11.8 Å². The molecular formula is C13H14BrN5O2S. The van der Waals surface area contributed by atoms with Crippen LogP contribution in [0.25, 0.3) is 0 Å². The molecular weight excluding hydrogens is 370 g/mol. The van der Waals surface area contributed by atoms with Gasteiger partial charge in [0.15, 0.2) is 5.16 Å². The fourth-order valence-electron chi connectivity index (χ4n) is 1.67. The number of aryl methyl sites for hydroxylation is 1. The van der Waals surface area contributed by atoms with Gasteiger partial charge >= 0.3 is 0 Å². The van der Waals surface area contributed by atoms with Gasteiger partial charge in [-0.15, -0.1) is 10.2 Å². The Morgan fingerprint density at radius 3 is 2.64 bits per heavy atom. The SMILES string of the molecule is Cc1nnc(SCC(=O)Nc2ccc(Br)cc2)n1CC(N)=O. The average molecular weight is 384 g/mol. The molecule has 22 heavy (non-hydrogen) atoms. The molecule has 0 aliphatic carbocycles. The van der Waals surface area contributed by atoms with Gasteiger partial charge in [-0.05, 0) is 31.2 Å². The number of nitrogens with one attached hydrogen (secondary N) is 1. The van der Waals surface area contributed by atoms with Crippen molar-refractivity contribution in [2.75, 3.05) is 11.1 Å². The highest BCUT2D eigenvalue weighted by atomic mass is 79.9. The van der Waals surface area contributed by atoms with Gasteiger partial charge in [0.1, 0.15) is 12.4 Å². The minimum atomic E-state index is -0.482. The Morgan fingerprint density at radius 2 is 2.00 bits per heavy atom. The van der Waals surface area contributed by atoms with Crippen molar-refractivity contribution in [3.8, 4) is 0 Å². The fourth-order valence-corrected chi connectivity index (χ4v) is 2.71. The molecule has 1 heterocycles. The highest BCUT2D eigenvalue weighted by Crippen LogP contribution is 2.18. The van der Waals surface area contributed by atoms with Gasteiger partial charge in [0.05, 0.1) is 5.75 Å². The van der Waals surface area contributed by atoms with E-state index in [0.29, 0.717) is 16.7 Å². The lowest BCUT2D eigenvalue weighted by Crippen LogP contribution is -2.20. The maximum atomic E-state index is 11.9. The van der Waals surface area contributed by atoms with Crippen LogP contribution in [-0.4, -0.2) is 32.3 Å². The number of aromatic nitrogens is 3. The molecule has 1 aromatic carbocycles. The molecule has 2 amide bonds. The summed E-state index contributed by atoms with van der Waals surface area (Å²) >= 11 is 4.53. The van der Waals surface area contributed by atoms with Crippen LogP contribution >= 0.6 is 27.7 Å². The number of hydrogen-bond acceptors (Lipinski definition) is 5. The first-order valence-electron chi connectivity index (χ1n) is 6.32. The van der Waals surface area contributed by atoms with Crippen LogP contribution in [-0.2, 0) is 16.1 Å². The minimum absolute atomic E-state index is 0.00447. The van der Waals surface area contributed by atoms with E-state index in [2.05, 4.69) is 31.4 Å². The first kappa shape index (κ1) is 16.5. The number of thioether (sulfide) groups is 1. The summed E-state index contributed by atoms with van der Waals surface area (Å²) in [5.74, 6) is 0.0877. The number of rotatable bonds is 6. The molecule has 0 saturated carbocycles. The van der Waals surface area contributed by atoms with E-state index in [-0.39, 0.29) is 18.2 Å². The maximum absolute atomic E-state index is 11.9. The molecule has 0 fully saturated rings. The number of carbonyl (C=O) groups excluding carboxylic acids is 2. The van der Waals surface area contributed by atoms with Crippen molar-refractivity contribution < 1.29 is 9.59 Å². The maximum Gasteiger partial charge on any atom is 0.237 e. The number of nitrogens with zero attached hydrogens (tertiary/aromatic N) is 3. The Kier molecular flexibility index (Phi) is 5.56. The van der Waals surface area contributed by atoms with Gasteiger partial charge in [-0.3, -0.25) is 14.2 Å². The minimum Gasteiger partial charge on any atom is -0.368 e. The normalized spacial score (nSPS) is 10.5. The van der Waals surface area contributed by atoms with E-state index in [1.807, 2.05) is 12.1 Å². The zero-order valence-corrected chi connectivity index (χ0v) is 14.1. The number of amides is 2. The lowest BCUT2D eigenvalue weighted by atomic mass is 10.3. The van der Waals surface area contributed by atoms with E-state index >= 15 is 0 Å². The molecule has 7 nitrogen and oxygen atoms in total. The Morgan fingerprint density at radius 1 is 1.32 bits per heavy atom. The van der Waals surface area contributed by atoms with Crippen molar-refractivity contribution in [3.05, 3.63) is 34.6 Å². The molecule has 0 aliphatic rings. The van der Waals surface area contributed by atoms with Gasteiger partial charge in [-0.1, -0.05) is 27.7 Å². The first-order chi connectivity index (χ1) is 10.5. The van der Waals surface area contributed by atoms with Crippen LogP contribution in [0, 0.1) is 6.92 Å². The molecule has 0 bridgehead atoms. The van der Waals surface area contributed by atoms with E-state index in [0.717, 1.165) is 4.47 Å². The monoisotopic (exact) mass is 383 g/mol. The summed E-state index contributed by atoms with van der Waals surface area (Å²) in [6.45, 7) is 1.72. The fraction of sp³-hybridized carbons (Fsp3) is 0.231. The zero-order valence-electron chi connectivity index (χ0n) is 11.7. The van der Waals surface area contributed by atoms with Gasteiger partial charge in [-0.25, -0.2) is 0 Å². The molecule has 0 aliphatic heterocycles. The molecule has 3 N–H and O–H groups in total. The van der Waals surface area contributed by atoms with Crippen molar-refractivity contribution in [2.45, 2.75) is 18.6 Å². The average Bonchev–Trinajstić information content (AvgIpc) is 2.80. The predicted molar refractivity (Wildman–Crippen MR) is 87.4 cm³/mol. The van der Waals surface area contributed by atoms with Crippen molar-refractivity contribution in [3.63, 3.8) is 0 Å². The summed E-state index contributed by atoms with van der Waals surface area (Å²) in [5, 5.41) is 11.1. The lowest BCUT2D eigenvalue weighted by molar-refractivity contribution is -0.118. The quantitative estimate of drug-likeness (QED) is 0.736. The van der Waals surface area contributed by atoms with Crippen LogP contribution < -0.4 is 11.1 Å². The van der Waals surface area contributed by atoms with E-state index in [9.17, 15) is 9.59 Å². The molecule has 1 aromatic heterocycles. The summed E-state index contributed by atoms with van der Waals surface area (Å²) in [7, 11) is 0. The third kappa shape index (κ3) is 4.57. The van der Waals surface area contributed by atoms with Gasteiger partial charge in [0.2, 0.25) is 11.8 Å². The molecule has 0 unspecified atom stereocenters. The second kappa shape index (κ2) is 7.41. The third-order valence-corrected chi connectivity index (χ3v) is 4.17. The highest BCUT2D eigenvalue weighted by Gasteiger charge is 2.13. The molecule has 2 rings (SSSR count). The van der Waals surface area contributed by atoms with Gasteiger partial charge in [0.25, 0.3) is 0 Å². The van der Waals surface area contributed by atoms with Crippen LogP contribution in [0.15, 0.2) is 33.9 Å². The topological polar surface area (TPSA) is 103 Å². The Balaban J connectivity index is 1.94. The van der Waals surface area contributed by atoms with Crippen LogP contribution in [0.5, 0.6) is 0 Å². The van der Waals surface area contributed by atoms with Crippen LogP contribution in [0.2, 0.25) is 0 Å². The van der Waals surface area contributed by atoms with Crippen molar-refractivity contribution in [2.24, 2.45) is 5.73 Å². The predicted octanol–water partition coefficient (Wildman–Crippen LogP) is 1.57. The standard InChI is InChI=1S/C13H14BrN5O2S/c1-8-17-18-13(19(8)6-11(15)20)22-7-12(21)16-10-4-2-9(14)3-5-10/h2-5H,6-7H2,1H3,(H2,15,20)(H,16,21). The zero-order chi connectivity index (χ0) is 16.1.